The molecule has 4 rings (SSSR count). The van der Waals surface area contributed by atoms with Crippen molar-refractivity contribution in [2.24, 2.45) is 0 Å². The monoisotopic (exact) mass is 465 g/mol. The van der Waals surface area contributed by atoms with Gasteiger partial charge in [-0.2, -0.15) is 0 Å². The highest BCUT2D eigenvalue weighted by molar-refractivity contribution is 7.15. The van der Waals surface area contributed by atoms with Gasteiger partial charge < -0.3 is 15.2 Å². The van der Waals surface area contributed by atoms with E-state index in [4.69, 9.17) is 16.6 Å². The lowest BCUT2D eigenvalue weighted by Crippen LogP contribution is -2.38. The van der Waals surface area contributed by atoms with E-state index in [0.717, 1.165) is 29.2 Å². The Morgan fingerprint density at radius 3 is 2.77 bits per heavy atom. The molecule has 0 fully saturated rings. The SMILES string of the molecule is CC(O)(CCN1CCc2sc(-c3ccc(F)cc3)nc2C1)Cn1cc([N+](=O)[O-])nc1Cl. The number of benzene rings is 1. The minimum atomic E-state index is -1.11. The Bertz CT molecular complexity index is 1100. The first kappa shape index (κ1) is 21.8. The summed E-state index contributed by atoms with van der Waals surface area (Å²) in [6.07, 6.45) is 2.56. The largest absolute Gasteiger partial charge is 0.388 e. The number of nitro groups is 1. The van der Waals surface area contributed by atoms with Gasteiger partial charge in [-0.05, 0) is 65.5 Å². The number of hydrogen-bond acceptors (Lipinski definition) is 7. The summed E-state index contributed by atoms with van der Waals surface area (Å²) in [5.41, 5.74) is 0.810. The van der Waals surface area contributed by atoms with Gasteiger partial charge >= 0.3 is 11.1 Å². The van der Waals surface area contributed by atoms with Crippen molar-refractivity contribution < 1.29 is 14.4 Å². The summed E-state index contributed by atoms with van der Waals surface area (Å²) < 4.78 is 14.6. The highest BCUT2D eigenvalue weighted by atomic mass is 35.5. The molecule has 0 aliphatic carbocycles. The molecule has 164 valence electrons. The molecule has 2 aromatic heterocycles. The summed E-state index contributed by atoms with van der Waals surface area (Å²) in [5, 5.41) is 22.5. The van der Waals surface area contributed by atoms with Gasteiger partial charge in [-0.25, -0.2) is 9.37 Å². The highest BCUT2D eigenvalue weighted by Crippen LogP contribution is 2.32. The summed E-state index contributed by atoms with van der Waals surface area (Å²) in [5.74, 6) is -0.611. The molecule has 0 saturated carbocycles. The Morgan fingerprint density at radius 1 is 1.35 bits per heavy atom. The zero-order chi connectivity index (χ0) is 22.2. The number of rotatable bonds is 7. The van der Waals surface area contributed by atoms with Gasteiger partial charge in [0.05, 0.1) is 17.8 Å². The minimum absolute atomic E-state index is 0.0228. The van der Waals surface area contributed by atoms with Crippen molar-refractivity contribution in [3.8, 4) is 10.6 Å². The number of hydrogen-bond donors (Lipinski definition) is 1. The number of imidazole rings is 1. The molecule has 1 atom stereocenters. The molecule has 3 aromatic rings. The smallest absolute Gasteiger partial charge is 0.383 e. The van der Waals surface area contributed by atoms with E-state index in [0.29, 0.717) is 19.5 Å². The van der Waals surface area contributed by atoms with Crippen LogP contribution in [0.1, 0.15) is 23.9 Å². The normalized spacial score (nSPS) is 16.1. The second kappa shape index (κ2) is 8.62. The van der Waals surface area contributed by atoms with E-state index in [1.807, 2.05) is 0 Å². The van der Waals surface area contributed by atoms with Gasteiger partial charge in [-0.15, -0.1) is 11.3 Å². The summed E-state index contributed by atoms with van der Waals surface area (Å²) in [4.78, 5) is 22.1. The van der Waals surface area contributed by atoms with E-state index in [2.05, 4.69) is 9.88 Å². The molecule has 8 nitrogen and oxygen atoms in total. The summed E-state index contributed by atoms with van der Waals surface area (Å²) in [6, 6.07) is 6.34. The molecule has 31 heavy (non-hydrogen) atoms. The van der Waals surface area contributed by atoms with Crippen LogP contribution in [0.25, 0.3) is 10.6 Å². The molecular formula is C20H21ClFN5O3S. The van der Waals surface area contributed by atoms with Gasteiger partial charge in [-0.1, -0.05) is 0 Å². The van der Waals surface area contributed by atoms with Gasteiger partial charge in [0.25, 0.3) is 0 Å². The first-order valence-electron chi connectivity index (χ1n) is 9.76. The predicted octanol–water partition coefficient (Wildman–Crippen LogP) is 3.91. The lowest BCUT2D eigenvalue weighted by atomic mass is 10.0. The lowest BCUT2D eigenvalue weighted by molar-refractivity contribution is -0.389. The fourth-order valence-corrected chi connectivity index (χ4v) is 4.84. The first-order valence-corrected chi connectivity index (χ1v) is 11.0. The van der Waals surface area contributed by atoms with Crippen molar-refractivity contribution in [2.75, 3.05) is 13.1 Å². The number of fused-ring (bicyclic) bond motifs is 1. The Labute approximate surface area is 187 Å². The molecule has 0 amide bonds. The van der Waals surface area contributed by atoms with E-state index in [-0.39, 0.29) is 23.5 Å². The van der Waals surface area contributed by atoms with Crippen molar-refractivity contribution in [2.45, 2.75) is 38.5 Å². The average molecular weight is 466 g/mol. The van der Waals surface area contributed by atoms with Crippen LogP contribution >= 0.6 is 22.9 Å². The Balaban J connectivity index is 1.37. The van der Waals surface area contributed by atoms with Crippen LogP contribution in [0, 0.1) is 15.9 Å². The van der Waals surface area contributed by atoms with E-state index < -0.39 is 10.5 Å². The van der Waals surface area contributed by atoms with Gasteiger partial charge in [0, 0.05) is 30.1 Å². The zero-order valence-electron chi connectivity index (χ0n) is 16.8. The summed E-state index contributed by atoms with van der Waals surface area (Å²) >= 11 is 7.60. The highest BCUT2D eigenvalue weighted by Gasteiger charge is 2.28. The van der Waals surface area contributed by atoms with Gasteiger partial charge in [0.2, 0.25) is 0 Å². The molecule has 1 N–H and O–H groups in total. The maximum atomic E-state index is 13.2. The molecule has 1 unspecified atom stereocenters. The van der Waals surface area contributed by atoms with Crippen LogP contribution in [0.2, 0.25) is 5.28 Å². The maximum absolute atomic E-state index is 13.2. The lowest BCUT2D eigenvalue weighted by Gasteiger charge is -2.30. The van der Waals surface area contributed by atoms with Crippen LogP contribution in [-0.2, 0) is 19.5 Å². The summed E-state index contributed by atoms with van der Waals surface area (Å²) in [6.45, 7) is 3.97. The quantitative estimate of drug-likeness (QED) is 0.419. The van der Waals surface area contributed by atoms with E-state index in [1.165, 1.54) is 27.8 Å². The van der Waals surface area contributed by atoms with Gasteiger partial charge in [0.1, 0.15) is 17.0 Å². The van der Waals surface area contributed by atoms with Crippen molar-refractivity contribution in [3.63, 3.8) is 0 Å². The number of aliphatic hydroxyl groups is 1. The molecule has 0 bridgehead atoms. The second-order valence-corrected chi connectivity index (χ2v) is 9.34. The van der Waals surface area contributed by atoms with E-state index in [9.17, 15) is 19.6 Å². The molecule has 1 aliphatic rings. The van der Waals surface area contributed by atoms with E-state index >= 15 is 0 Å². The van der Waals surface area contributed by atoms with Crippen molar-refractivity contribution in [3.05, 3.63) is 62.2 Å². The van der Waals surface area contributed by atoms with Crippen LogP contribution in [0.5, 0.6) is 0 Å². The van der Waals surface area contributed by atoms with Crippen LogP contribution in [-0.4, -0.2) is 48.2 Å². The van der Waals surface area contributed by atoms with Crippen LogP contribution < -0.4 is 0 Å². The van der Waals surface area contributed by atoms with Crippen molar-refractivity contribution in [1.29, 1.82) is 0 Å². The predicted molar refractivity (Wildman–Crippen MR) is 116 cm³/mol. The van der Waals surface area contributed by atoms with Crippen LogP contribution in [0.4, 0.5) is 10.2 Å². The number of halogens is 2. The van der Waals surface area contributed by atoms with Crippen LogP contribution in [0.3, 0.4) is 0 Å². The Kier molecular flexibility index (Phi) is 6.07. The number of aromatic nitrogens is 3. The summed E-state index contributed by atoms with van der Waals surface area (Å²) in [7, 11) is 0. The third kappa shape index (κ3) is 5.09. The fraction of sp³-hybridized carbons (Fsp3) is 0.400. The van der Waals surface area contributed by atoms with Gasteiger partial charge in [0.15, 0.2) is 0 Å². The molecule has 3 heterocycles. The van der Waals surface area contributed by atoms with E-state index in [1.54, 1.807) is 30.4 Å². The number of nitrogens with zero attached hydrogens (tertiary/aromatic N) is 5. The molecule has 1 aliphatic heterocycles. The maximum Gasteiger partial charge on any atom is 0.383 e. The average Bonchev–Trinajstić information content (AvgIpc) is 3.30. The molecule has 11 heteroatoms. The molecule has 0 radical (unpaired) electrons. The minimum Gasteiger partial charge on any atom is -0.388 e. The third-order valence-electron chi connectivity index (χ3n) is 5.28. The molecule has 1 aromatic carbocycles. The standard InChI is InChI=1S/C20H21ClFN5O3S/c1-20(28,12-26-11-17(27(29)30)24-19(26)21)7-9-25-8-6-16-15(10-25)23-18(31-16)13-2-4-14(22)5-3-13/h2-5,11,28H,6-10,12H2,1H3. The fourth-order valence-electron chi connectivity index (χ4n) is 3.58. The second-order valence-electron chi connectivity index (χ2n) is 7.92. The van der Waals surface area contributed by atoms with Gasteiger partial charge in [-0.3, -0.25) is 9.47 Å². The van der Waals surface area contributed by atoms with Crippen molar-refractivity contribution in [1.82, 2.24) is 19.4 Å². The van der Waals surface area contributed by atoms with Crippen molar-refractivity contribution >= 4 is 28.8 Å². The Hall–Kier alpha value is -2.40. The third-order valence-corrected chi connectivity index (χ3v) is 6.79. The molecule has 0 saturated heterocycles. The topological polar surface area (TPSA) is 97.3 Å². The molecular weight excluding hydrogens is 445 g/mol. The Morgan fingerprint density at radius 2 is 2.10 bits per heavy atom. The zero-order valence-corrected chi connectivity index (χ0v) is 18.4. The first-order chi connectivity index (χ1) is 14.7. The van der Waals surface area contributed by atoms with Crippen LogP contribution in [0.15, 0.2) is 30.5 Å². The number of thiazole rings is 1. The molecule has 0 spiro atoms.